The molecule has 0 aromatic rings. The molecule has 0 radical (unpaired) electrons. The minimum absolute atomic E-state index is 0.520. The van der Waals surface area contributed by atoms with Crippen LogP contribution < -0.4 is 5.32 Å². The lowest BCUT2D eigenvalue weighted by Crippen LogP contribution is -2.57. The van der Waals surface area contributed by atoms with Crippen LogP contribution in [-0.2, 0) is 4.74 Å². The smallest absolute Gasteiger partial charge is 0.0731 e. The average molecular weight is 240 g/mol. The highest BCUT2D eigenvalue weighted by Crippen LogP contribution is 2.29. The summed E-state index contributed by atoms with van der Waals surface area (Å²) >= 11 is 0. The summed E-state index contributed by atoms with van der Waals surface area (Å²) in [4.78, 5) is 2.69. The predicted molar refractivity (Wildman–Crippen MR) is 71.3 cm³/mol. The SMILES string of the molecule is CCCNCC(C)N1CCOC2CCCCC21. The second-order valence-electron chi connectivity index (χ2n) is 5.55. The number of nitrogens with zero attached hydrogens (tertiary/aromatic N) is 1. The van der Waals surface area contributed by atoms with Gasteiger partial charge in [0.15, 0.2) is 0 Å². The molecule has 0 bridgehead atoms. The summed E-state index contributed by atoms with van der Waals surface area (Å²) < 4.78 is 5.93. The Morgan fingerprint density at radius 3 is 3.00 bits per heavy atom. The lowest BCUT2D eigenvalue weighted by molar-refractivity contribution is -0.0997. The van der Waals surface area contributed by atoms with Crippen molar-refractivity contribution in [2.24, 2.45) is 0 Å². The molecule has 3 heteroatoms. The van der Waals surface area contributed by atoms with Crippen LogP contribution in [0.4, 0.5) is 0 Å². The summed E-state index contributed by atoms with van der Waals surface area (Å²) in [6.07, 6.45) is 7.10. The molecule has 3 atom stereocenters. The fourth-order valence-electron chi connectivity index (χ4n) is 3.28. The summed E-state index contributed by atoms with van der Waals surface area (Å²) in [6.45, 7) is 8.90. The Balaban J connectivity index is 1.84. The van der Waals surface area contributed by atoms with Gasteiger partial charge in [0.2, 0.25) is 0 Å². The van der Waals surface area contributed by atoms with Crippen molar-refractivity contribution in [2.45, 2.75) is 64.1 Å². The van der Waals surface area contributed by atoms with Crippen LogP contribution in [0.2, 0.25) is 0 Å². The third-order valence-electron chi connectivity index (χ3n) is 4.21. The largest absolute Gasteiger partial charge is 0.375 e. The van der Waals surface area contributed by atoms with Crippen LogP contribution in [0.5, 0.6) is 0 Å². The highest BCUT2D eigenvalue weighted by atomic mass is 16.5. The fourth-order valence-corrected chi connectivity index (χ4v) is 3.28. The third kappa shape index (κ3) is 3.43. The summed E-state index contributed by atoms with van der Waals surface area (Å²) in [7, 11) is 0. The van der Waals surface area contributed by atoms with E-state index >= 15 is 0 Å². The number of hydrogen-bond donors (Lipinski definition) is 1. The van der Waals surface area contributed by atoms with E-state index < -0.39 is 0 Å². The van der Waals surface area contributed by atoms with Gasteiger partial charge in [0.05, 0.1) is 12.7 Å². The number of fused-ring (bicyclic) bond motifs is 1. The van der Waals surface area contributed by atoms with Crippen molar-refractivity contribution in [1.82, 2.24) is 10.2 Å². The third-order valence-corrected chi connectivity index (χ3v) is 4.21. The molecule has 1 saturated heterocycles. The number of nitrogens with one attached hydrogen (secondary N) is 1. The van der Waals surface area contributed by atoms with Gasteiger partial charge >= 0.3 is 0 Å². The Morgan fingerprint density at radius 1 is 1.35 bits per heavy atom. The first-order chi connectivity index (χ1) is 8.33. The summed E-state index contributed by atoms with van der Waals surface area (Å²) in [5.41, 5.74) is 0. The molecule has 0 spiro atoms. The van der Waals surface area contributed by atoms with Crippen LogP contribution in [-0.4, -0.2) is 49.3 Å². The van der Waals surface area contributed by atoms with Crippen molar-refractivity contribution in [3.05, 3.63) is 0 Å². The highest BCUT2D eigenvalue weighted by Gasteiger charge is 2.35. The molecule has 3 nitrogen and oxygen atoms in total. The van der Waals surface area contributed by atoms with E-state index in [2.05, 4.69) is 24.1 Å². The molecular formula is C14H28N2O. The monoisotopic (exact) mass is 240 g/mol. The first-order valence-corrected chi connectivity index (χ1v) is 7.41. The summed E-state index contributed by atoms with van der Waals surface area (Å²) in [5, 5.41) is 3.55. The Labute approximate surface area is 106 Å². The maximum atomic E-state index is 5.93. The van der Waals surface area contributed by atoms with Crippen LogP contribution in [0.3, 0.4) is 0 Å². The maximum absolute atomic E-state index is 5.93. The molecule has 2 fully saturated rings. The van der Waals surface area contributed by atoms with E-state index in [9.17, 15) is 0 Å². The van der Waals surface area contributed by atoms with Gasteiger partial charge in [-0.05, 0) is 32.7 Å². The zero-order valence-electron chi connectivity index (χ0n) is 11.5. The predicted octanol–water partition coefficient (Wildman–Crippen LogP) is 2.02. The molecule has 1 aliphatic carbocycles. The van der Waals surface area contributed by atoms with Crippen LogP contribution >= 0.6 is 0 Å². The zero-order valence-corrected chi connectivity index (χ0v) is 11.5. The van der Waals surface area contributed by atoms with Gasteiger partial charge < -0.3 is 10.1 Å². The lowest BCUT2D eigenvalue weighted by Gasteiger charge is -2.46. The molecule has 1 aliphatic heterocycles. The van der Waals surface area contributed by atoms with E-state index in [0.717, 1.165) is 26.2 Å². The molecule has 2 aliphatic rings. The van der Waals surface area contributed by atoms with E-state index in [0.29, 0.717) is 18.2 Å². The standard InChI is InChI=1S/C14H28N2O/c1-3-8-15-11-12(2)16-9-10-17-14-7-5-4-6-13(14)16/h12-15H,3-11H2,1-2H3. The van der Waals surface area contributed by atoms with Crippen LogP contribution in [0.25, 0.3) is 0 Å². The van der Waals surface area contributed by atoms with Crippen LogP contribution in [0.15, 0.2) is 0 Å². The van der Waals surface area contributed by atoms with Gasteiger partial charge in [-0.25, -0.2) is 0 Å². The molecule has 0 amide bonds. The van der Waals surface area contributed by atoms with Gasteiger partial charge in [-0.3, -0.25) is 4.90 Å². The van der Waals surface area contributed by atoms with E-state index in [4.69, 9.17) is 4.74 Å². The van der Waals surface area contributed by atoms with E-state index in [1.54, 1.807) is 0 Å². The van der Waals surface area contributed by atoms with Gasteiger partial charge in [0.1, 0.15) is 0 Å². The number of hydrogen-bond acceptors (Lipinski definition) is 3. The zero-order chi connectivity index (χ0) is 12.1. The molecule has 0 aromatic carbocycles. The van der Waals surface area contributed by atoms with Gasteiger partial charge in [-0.1, -0.05) is 19.8 Å². The summed E-state index contributed by atoms with van der Waals surface area (Å²) in [6, 6.07) is 1.34. The first kappa shape index (κ1) is 13.3. The van der Waals surface area contributed by atoms with Gasteiger partial charge in [-0.15, -0.1) is 0 Å². The molecule has 2 rings (SSSR count). The van der Waals surface area contributed by atoms with Crippen molar-refractivity contribution in [3.8, 4) is 0 Å². The van der Waals surface area contributed by atoms with Gasteiger partial charge in [0.25, 0.3) is 0 Å². The first-order valence-electron chi connectivity index (χ1n) is 7.41. The molecular weight excluding hydrogens is 212 g/mol. The molecule has 1 N–H and O–H groups in total. The van der Waals surface area contributed by atoms with E-state index in [-0.39, 0.29) is 0 Å². The second-order valence-corrected chi connectivity index (χ2v) is 5.55. The molecule has 17 heavy (non-hydrogen) atoms. The Bertz CT molecular complexity index is 220. The topological polar surface area (TPSA) is 24.5 Å². The lowest BCUT2D eigenvalue weighted by atomic mass is 9.89. The molecule has 1 saturated carbocycles. The summed E-state index contributed by atoms with van der Waals surface area (Å²) in [5.74, 6) is 0. The second kappa shape index (κ2) is 6.72. The Kier molecular flexibility index (Phi) is 5.26. The minimum Gasteiger partial charge on any atom is -0.375 e. The molecule has 1 heterocycles. The van der Waals surface area contributed by atoms with Crippen molar-refractivity contribution in [2.75, 3.05) is 26.2 Å². The quantitative estimate of drug-likeness (QED) is 0.744. The number of rotatable bonds is 5. The minimum atomic E-state index is 0.520. The van der Waals surface area contributed by atoms with Crippen molar-refractivity contribution in [3.63, 3.8) is 0 Å². The van der Waals surface area contributed by atoms with Crippen LogP contribution in [0, 0.1) is 0 Å². The van der Waals surface area contributed by atoms with Gasteiger partial charge in [-0.2, -0.15) is 0 Å². The molecule has 0 aromatic heterocycles. The van der Waals surface area contributed by atoms with Gasteiger partial charge in [0, 0.05) is 25.2 Å². The average Bonchev–Trinajstić information content (AvgIpc) is 2.38. The van der Waals surface area contributed by atoms with Crippen LogP contribution in [0.1, 0.15) is 46.0 Å². The van der Waals surface area contributed by atoms with Crippen molar-refractivity contribution >= 4 is 0 Å². The number of morpholine rings is 1. The van der Waals surface area contributed by atoms with Crippen molar-refractivity contribution in [1.29, 1.82) is 0 Å². The maximum Gasteiger partial charge on any atom is 0.0731 e. The Morgan fingerprint density at radius 2 is 2.18 bits per heavy atom. The normalized spacial score (nSPS) is 32.1. The fraction of sp³-hybridized carbons (Fsp3) is 1.00. The van der Waals surface area contributed by atoms with E-state index in [1.165, 1.54) is 32.1 Å². The Hall–Kier alpha value is -0.120. The van der Waals surface area contributed by atoms with Crippen molar-refractivity contribution < 1.29 is 4.74 Å². The molecule has 3 unspecified atom stereocenters. The molecule has 100 valence electrons. The van der Waals surface area contributed by atoms with E-state index in [1.807, 2.05) is 0 Å². The number of ether oxygens (including phenoxy) is 1. The highest BCUT2D eigenvalue weighted by molar-refractivity contribution is 4.90.